The number of piperazine rings is 1. The van der Waals surface area contributed by atoms with Crippen molar-refractivity contribution >= 4 is 5.88 Å². The number of nitriles is 1. The van der Waals surface area contributed by atoms with E-state index in [2.05, 4.69) is 34.7 Å². The number of nitrogens with zero attached hydrogens (tertiary/aromatic N) is 4. The summed E-state index contributed by atoms with van der Waals surface area (Å²) >= 11 is 0. The van der Waals surface area contributed by atoms with E-state index in [1.807, 2.05) is 0 Å². The van der Waals surface area contributed by atoms with Crippen LogP contribution in [0.4, 0.5) is 5.88 Å². The van der Waals surface area contributed by atoms with Gasteiger partial charge in [0.1, 0.15) is 6.07 Å². The topological polar surface area (TPSA) is 56.3 Å². The highest BCUT2D eigenvalue weighted by atomic mass is 16.4. The molecule has 20 heavy (non-hydrogen) atoms. The minimum absolute atomic E-state index is 0.457. The first-order valence-corrected chi connectivity index (χ1v) is 7.55. The number of hydrogen-bond donors (Lipinski definition) is 0. The number of aromatic nitrogens is 1. The van der Waals surface area contributed by atoms with Crippen LogP contribution in [0.25, 0.3) is 0 Å². The van der Waals surface area contributed by atoms with Gasteiger partial charge in [-0.1, -0.05) is 13.8 Å². The average Bonchev–Trinajstić information content (AvgIpc) is 3.19. The zero-order valence-electron chi connectivity index (χ0n) is 12.3. The van der Waals surface area contributed by atoms with Gasteiger partial charge in [0, 0.05) is 38.6 Å². The van der Waals surface area contributed by atoms with E-state index in [1.54, 1.807) is 0 Å². The number of oxazole rings is 1. The summed E-state index contributed by atoms with van der Waals surface area (Å²) in [6.45, 7) is 9.53. The molecule has 1 aromatic heterocycles. The molecule has 0 atom stereocenters. The Kier molecular flexibility index (Phi) is 3.66. The fourth-order valence-electron chi connectivity index (χ4n) is 2.77. The number of anilines is 1. The number of rotatable bonds is 4. The highest BCUT2D eigenvalue weighted by Crippen LogP contribution is 2.41. The molecule has 0 amide bonds. The molecule has 2 fully saturated rings. The molecule has 2 heterocycles. The summed E-state index contributed by atoms with van der Waals surface area (Å²) in [7, 11) is 0. The summed E-state index contributed by atoms with van der Waals surface area (Å²) < 4.78 is 5.86. The summed E-state index contributed by atoms with van der Waals surface area (Å²) in [6, 6.07) is 2.18. The normalized spacial score (nSPS) is 20.4. The van der Waals surface area contributed by atoms with E-state index in [0.29, 0.717) is 23.4 Å². The maximum Gasteiger partial charge on any atom is 0.234 e. The molecule has 0 bridgehead atoms. The van der Waals surface area contributed by atoms with Gasteiger partial charge in [-0.2, -0.15) is 5.26 Å². The van der Waals surface area contributed by atoms with Gasteiger partial charge in [0.25, 0.3) is 0 Å². The second-order valence-corrected chi connectivity index (χ2v) is 6.27. The van der Waals surface area contributed by atoms with Crippen molar-refractivity contribution in [3.05, 3.63) is 11.6 Å². The van der Waals surface area contributed by atoms with Crippen molar-refractivity contribution in [1.29, 1.82) is 5.26 Å². The summed E-state index contributed by atoms with van der Waals surface area (Å²) in [5.74, 6) is 2.61. The van der Waals surface area contributed by atoms with Gasteiger partial charge in [0.15, 0.2) is 0 Å². The third-order valence-electron chi connectivity index (χ3n) is 3.94. The lowest BCUT2D eigenvalue weighted by Gasteiger charge is -2.35. The highest BCUT2D eigenvalue weighted by Gasteiger charge is 2.32. The van der Waals surface area contributed by atoms with Crippen LogP contribution in [0, 0.1) is 17.2 Å². The van der Waals surface area contributed by atoms with Crippen molar-refractivity contribution < 1.29 is 4.42 Å². The van der Waals surface area contributed by atoms with E-state index < -0.39 is 0 Å². The van der Waals surface area contributed by atoms with Crippen LogP contribution < -0.4 is 4.90 Å². The minimum Gasteiger partial charge on any atom is -0.423 e. The molecule has 0 radical (unpaired) electrons. The van der Waals surface area contributed by atoms with E-state index in [9.17, 15) is 5.26 Å². The Morgan fingerprint density at radius 3 is 2.55 bits per heavy atom. The van der Waals surface area contributed by atoms with E-state index in [1.165, 1.54) is 0 Å². The van der Waals surface area contributed by atoms with Gasteiger partial charge >= 0.3 is 0 Å². The Hall–Kier alpha value is -1.54. The quantitative estimate of drug-likeness (QED) is 0.842. The van der Waals surface area contributed by atoms with Crippen LogP contribution in [-0.2, 0) is 0 Å². The first-order valence-electron chi connectivity index (χ1n) is 7.55. The van der Waals surface area contributed by atoms with Crippen LogP contribution in [0.1, 0.15) is 44.2 Å². The first-order chi connectivity index (χ1) is 9.67. The molecule has 0 N–H and O–H groups in total. The standard InChI is InChI=1S/C15H22N4O/c1-11(2)10-18-5-7-19(8-6-18)15-13(9-16)17-14(20-15)12-3-4-12/h11-12H,3-8,10H2,1-2H3. The van der Waals surface area contributed by atoms with Gasteiger partial charge in [-0.05, 0) is 18.8 Å². The molecule has 0 aromatic carbocycles. The predicted octanol–water partition coefficient (Wildman–Crippen LogP) is 2.20. The summed E-state index contributed by atoms with van der Waals surface area (Å²) in [5, 5.41) is 9.23. The van der Waals surface area contributed by atoms with Crippen molar-refractivity contribution in [2.45, 2.75) is 32.6 Å². The van der Waals surface area contributed by atoms with Crippen molar-refractivity contribution in [3.8, 4) is 6.07 Å². The lowest BCUT2D eigenvalue weighted by atomic mass is 10.2. The minimum atomic E-state index is 0.457. The molecule has 1 saturated heterocycles. The monoisotopic (exact) mass is 274 g/mol. The van der Waals surface area contributed by atoms with Crippen LogP contribution in [0.5, 0.6) is 0 Å². The van der Waals surface area contributed by atoms with Crippen molar-refractivity contribution in [3.63, 3.8) is 0 Å². The van der Waals surface area contributed by atoms with E-state index in [4.69, 9.17) is 4.42 Å². The molecule has 1 aliphatic carbocycles. The van der Waals surface area contributed by atoms with Crippen molar-refractivity contribution in [1.82, 2.24) is 9.88 Å². The second kappa shape index (κ2) is 5.45. The van der Waals surface area contributed by atoms with E-state index in [-0.39, 0.29) is 0 Å². The van der Waals surface area contributed by atoms with Crippen LogP contribution in [-0.4, -0.2) is 42.6 Å². The molecular formula is C15H22N4O. The molecule has 0 unspecified atom stereocenters. The predicted molar refractivity (Wildman–Crippen MR) is 76.7 cm³/mol. The first kappa shape index (κ1) is 13.4. The zero-order chi connectivity index (χ0) is 14.1. The maximum absolute atomic E-state index is 9.23. The lowest BCUT2D eigenvalue weighted by molar-refractivity contribution is 0.228. The van der Waals surface area contributed by atoms with Crippen LogP contribution in [0.3, 0.4) is 0 Å². The molecule has 108 valence electrons. The molecule has 1 aromatic rings. The molecular weight excluding hydrogens is 252 g/mol. The maximum atomic E-state index is 9.23. The van der Waals surface area contributed by atoms with E-state index >= 15 is 0 Å². The Morgan fingerprint density at radius 2 is 2.00 bits per heavy atom. The summed E-state index contributed by atoms with van der Waals surface area (Å²) in [5.41, 5.74) is 0.462. The lowest BCUT2D eigenvalue weighted by Crippen LogP contribution is -2.47. The fraction of sp³-hybridized carbons (Fsp3) is 0.733. The second-order valence-electron chi connectivity index (χ2n) is 6.27. The van der Waals surface area contributed by atoms with Crippen LogP contribution in [0.2, 0.25) is 0 Å². The molecule has 0 spiro atoms. The van der Waals surface area contributed by atoms with Crippen LogP contribution >= 0.6 is 0 Å². The van der Waals surface area contributed by atoms with Crippen molar-refractivity contribution in [2.24, 2.45) is 5.92 Å². The highest BCUT2D eigenvalue weighted by molar-refractivity contribution is 5.48. The molecule has 5 nitrogen and oxygen atoms in total. The molecule has 1 aliphatic heterocycles. The van der Waals surface area contributed by atoms with Gasteiger partial charge in [0.05, 0.1) is 0 Å². The molecule has 1 saturated carbocycles. The SMILES string of the molecule is CC(C)CN1CCN(c2oc(C3CC3)nc2C#N)CC1. The Balaban J connectivity index is 1.67. The van der Waals surface area contributed by atoms with Crippen LogP contribution in [0.15, 0.2) is 4.42 Å². The average molecular weight is 274 g/mol. The van der Waals surface area contributed by atoms with Gasteiger partial charge in [-0.25, -0.2) is 4.98 Å². The fourth-order valence-corrected chi connectivity index (χ4v) is 2.77. The van der Waals surface area contributed by atoms with Gasteiger partial charge in [0.2, 0.25) is 17.5 Å². The molecule has 5 heteroatoms. The van der Waals surface area contributed by atoms with E-state index in [0.717, 1.165) is 51.5 Å². The van der Waals surface area contributed by atoms with Gasteiger partial charge in [-0.15, -0.1) is 0 Å². The van der Waals surface area contributed by atoms with Gasteiger partial charge in [-0.3, -0.25) is 4.90 Å². The third-order valence-corrected chi connectivity index (χ3v) is 3.94. The number of hydrogen-bond acceptors (Lipinski definition) is 5. The summed E-state index contributed by atoms with van der Waals surface area (Å²) in [4.78, 5) is 9.00. The Bertz CT molecular complexity index is 504. The summed E-state index contributed by atoms with van der Waals surface area (Å²) in [6.07, 6.45) is 2.29. The molecule has 3 rings (SSSR count). The smallest absolute Gasteiger partial charge is 0.234 e. The zero-order valence-corrected chi connectivity index (χ0v) is 12.3. The van der Waals surface area contributed by atoms with Crippen molar-refractivity contribution in [2.75, 3.05) is 37.6 Å². The Morgan fingerprint density at radius 1 is 1.30 bits per heavy atom. The molecule has 2 aliphatic rings. The largest absolute Gasteiger partial charge is 0.423 e. The van der Waals surface area contributed by atoms with Gasteiger partial charge < -0.3 is 9.32 Å². The third kappa shape index (κ3) is 2.80. The Labute approximate surface area is 120 Å².